The van der Waals surface area contributed by atoms with Gasteiger partial charge in [0.1, 0.15) is 0 Å². The van der Waals surface area contributed by atoms with Gasteiger partial charge < -0.3 is 5.73 Å². The Kier molecular flexibility index (Phi) is 4.21. The van der Waals surface area contributed by atoms with Crippen molar-refractivity contribution in [1.29, 1.82) is 0 Å². The average Bonchev–Trinajstić information content (AvgIpc) is 2.51. The third-order valence-corrected chi connectivity index (χ3v) is 5.88. The van der Waals surface area contributed by atoms with Crippen molar-refractivity contribution < 1.29 is 0 Å². The van der Waals surface area contributed by atoms with Crippen molar-refractivity contribution in [3.8, 4) is 0 Å². The van der Waals surface area contributed by atoms with E-state index >= 15 is 0 Å². The number of hydrogen-bond acceptors (Lipinski definition) is 3. The van der Waals surface area contributed by atoms with Crippen LogP contribution < -0.4 is 5.73 Å². The van der Waals surface area contributed by atoms with Crippen LogP contribution in [0.15, 0.2) is 6.20 Å². The Morgan fingerprint density at radius 3 is 2.43 bits per heavy atom. The zero-order valence-corrected chi connectivity index (χ0v) is 13.6. The molecule has 2 aliphatic rings. The molecule has 1 aromatic heterocycles. The summed E-state index contributed by atoms with van der Waals surface area (Å²) in [6.07, 6.45) is 12.0. The fourth-order valence-corrected chi connectivity index (χ4v) is 4.15. The molecule has 2 N–H and O–H groups in total. The second kappa shape index (κ2) is 5.96. The van der Waals surface area contributed by atoms with Crippen molar-refractivity contribution in [2.45, 2.75) is 65.3 Å². The Balaban J connectivity index is 1.62. The van der Waals surface area contributed by atoms with Gasteiger partial charge in [-0.3, -0.25) is 9.88 Å². The normalized spacial score (nSPS) is 22.6. The molecule has 1 aliphatic carbocycles. The van der Waals surface area contributed by atoms with Crippen LogP contribution in [0, 0.1) is 19.3 Å². The summed E-state index contributed by atoms with van der Waals surface area (Å²) >= 11 is 0. The number of nitrogen functional groups attached to an aromatic ring is 1. The summed E-state index contributed by atoms with van der Waals surface area (Å²) < 4.78 is 0. The Bertz CT molecular complexity index is 493. The summed E-state index contributed by atoms with van der Waals surface area (Å²) in [7, 11) is 0. The van der Waals surface area contributed by atoms with Gasteiger partial charge in [-0.15, -0.1) is 0 Å². The Morgan fingerprint density at radius 1 is 1.10 bits per heavy atom. The Hall–Kier alpha value is -1.09. The largest absolute Gasteiger partial charge is 0.398 e. The number of aryl methyl sites for hydroxylation is 1. The minimum absolute atomic E-state index is 0.684. The average molecular weight is 287 g/mol. The van der Waals surface area contributed by atoms with E-state index in [1.807, 2.05) is 13.1 Å². The lowest BCUT2D eigenvalue weighted by Gasteiger charge is -2.44. The molecular weight excluding hydrogens is 258 g/mol. The first-order valence-corrected chi connectivity index (χ1v) is 8.53. The Morgan fingerprint density at radius 2 is 1.76 bits per heavy atom. The number of rotatable bonds is 2. The molecule has 1 saturated carbocycles. The first-order chi connectivity index (χ1) is 10.1. The fourth-order valence-electron chi connectivity index (χ4n) is 4.15. The van der Waals surface area contributed by atoms with Crippen molar-refractivity contribution in [3.63, 3.8) is 0 Å². The molecule has 0 atom stereocenters. The molecule has 1 spiro atoms. The molecule has 116 valence electrons. The summed E-state index contributed by atoms with van der Waals surface area (Å²) in [5, 5.41) is 0. The molecule has 21 heavy (non-hydrogen) atoms. The van der Waals surface area contributed by atoms with Gasteiger partial charge in [0.25, 0.3) is 0 Å². The molecule has 0 radical (unpaired) electrons. The van der Waals surface area contributed by atoms with E-state index in [4.69, 9.17) is 5.73 Å². The molecule has 1 aliphatic heterocycles. The maximum Gasteiger partial charge on any atom is 0.0593 e. The second-order valence-electron chi connectivity index (χ2n) is 7.26. The number of hydrogen-bond donors (Lipinski definition) is 1. The van der Waals surface area contributed by atoms with E-state index in [0.717, 1.165) is 23.5 Å². The number of likely N-dealkylation sites (tertiary alicyclic amines) is 1. The number of pyridine rings is 1. The van der Waals surface area contributed by atoms with Crippen LogP contribution in [-0.2, 0) is 6.54 Å². The van der Waals surface area contributed by atoms with Crippen molar-refractivity contribution in [2.75, 3.05) is 18.8 Å². The number of aromatic nitrogens is 1. The standard InChI is InChI=1S/C18H29N3/c1-14-12-20-16(15(2)17(14)19)13-21-10-8-18(9-11-21)6-4-3-5-7-18/h12H,3-11,13H2,1-2H3,(H2,19,20). The minimum atomic E-state index is 0.684. The van der Waals surface area contributed by atoms with Crippen LogP contribution in [0.25, 0.3) is 0 Å². The van der Waals surface area contributed by atoms with Gasteiger partial charge in [-0.05, 0) is 69.2 Å². The molecule has 0 aromatic carbocycles. The van der Waals surface area contributed by atoms with Crippen LogP contribution in [-0.4, -0.2) is 23.0 Å². The van der Waals surface area contributed by atoms with Gasteiger partial charge in [-0.2, -0.15) is 0 Å². The van der Waals surface area contributed by atoms with E-state index in [-0.39, 0.29) is 0 Å². The van der Waals surface area contributed by atoms with Crippen molar-refractivity contribution in [1.82, 2.24) is 9.88 Å². The first-order valence-electron chi connectivity index (χ1n) is 8.53. The summed E-state index contributed by atoms with van der Waals surface area (Å²) in [6.45, 7) is 7.57. The smallest absolute Gasteiger partial charge is 0.0593 e. The van der Waals surface area contributed by atoms with Gasteiger partial charge in [0.2, 0.25) is 0 Å². The maximum atomic E-state index is 6.14. The van der Waals surface area contributed by atoms with Crippen LogP contribution in [0.2, 0.25) is 0 Å². The second-order valence-corrected chi connectivity index (χ2v) is 7.26. The number of anilines is 1. The molecule has 0 amide bonds. The maximum absolute atomic E-state index is 6.14. The van der Waals surface area contributed by atoms with E-state index in [2.05, 4.69) is 16.8 Å². The highest BCUT2D eigenvalue weighted by atomic mass is 15.1. The van der Waals surface area contributed by atoms with Crippen molar-refractivity contribution in [2.24, 2.45) is 5.41 Å². The van der Waals surface area contributed by atoms with Gasteiger partial charge in [-0.1, -0.05) is 19.3 Å². The number of nitrogens with two attached hydrogens (primary N) is 1. The zero-order valence-electron chi connectivity index (χ0n) is 13.6. The lowest BCUT2D eigenvalue weighted by atomic mass is 9.68. The third-order valence-electron chi connectivity index (χ3n) is 5.88. The minimum Gasteiger partial charge on any atom is -0.398 e. The van der Waals surface area contributed by atoms with Crippen LogP contribution in [0.1, 0.15) is 61.8 Å². The molecule has 1 saturated heterocycles. The topological polar surface area (TPSA) is 42.2 Å². The zero-order chi connectivity index (χ0) is 14.9. The lowest BCUT2D eigenvalue weighted by molar-refractivity contribution is 0.0634. The molecule has 2 fully saturated rings. The van der Waals surface area contributed by atoms with Gasteiger partial charge >= 0.3 is 0 Å². The number of nitrogens with zero attached hydrogens (tertiary/aromatic N) is 2. The molecular formula is C18H29N3. The van der Waals surface area contributed by atoms with E-state index in [0.29, 0.717) is 5.41 Å². The third kappa shape index (κ3) is 3.08. The summed E-state index contributed by atoms with van der Waals surface area (Å²) in [5.41, 5.74) is 11.2. The molecule has 3 heteroatoms. The van der Waals surface area contributed by atoms with Crippen LogP contribution in [0.4, 0.5) is 5.69 Å². The van der Waals surface area contributed by atoms with Gasteiger partial charge in [-0.25, -0.2) is 0 Å². The highest BCUT2D eigenvalue weighted by Gasteiger charge is 2.35. The monoisotopic (exact) mass is 287 g/mol. The molecule has 3 rings (SSSR count). The predicted octanol–water partition coefficient (Wildman–Crippen LogP) is 3.83. The van der Waals surface area contributed by atoms with Gasteiger partial charge in [0.05, 0.1) is 5.69 Å². The van der Waals surface area contributed by atoms with Crippen LogP contribution in [0.5, 0.6) is 0 Å². The van der Waals surface area contributed by atoms with E-state index in [9.17, 15) is 0 Å². The molecule has 2 heterocycles. The predicted molar refractivity (Wildman–Crippen MR) is 88.2 cm³/mol. The van der Waals surface area contributed by atoms with Crippen LogP contribution >= 0.6 is 0 Å². The van der Waals surface area contributed by atoms with Crippen LogP contribution in [0.3, 0.4) is 0 Å². The van der Waals surface area contributed by atoms with Gasteiger partial charge in [0.15, 0.2) is 0 Å². The summed E-state index contributed by atoms with van der Waals surface area (Å²) in [4.78, 5) is 7.19. The van der Waals surface area contributed by atoms with E-state index < -0.39 is 0 Å². The molecule has 0 unspecified atom stereocenters. The van der Waals surface area contributed by atoms with Gasteiger partial charge in [0, 0.05) is 18.4 Å². The highest BCUT2D eigenvalue weighted by Crippen LogP contribution is 2.44. The summed E-state index contributed by atoms with van der Waals surface area (Å²) in [6, 6.07) is 0. The molecule has 3 nitrogen and oxygen atoms in total. The van der Waals surface area contributed by atoms with E-state index in [1.165, 1.54) is 63.6 Å². The molecule has 0 bridgehead atoms. The SMILES string of the molecule is Cc1cnc(CN2CCC3(CCCCC3)CC2)c(C)c1N. The van der Waals surface area contributed by atoms with Crippen molar-refractivity contribution in [3.05, 3.63) is 23.0 Å². The summed E-state index contributed by atoms with van der Waals surface area (Å²) in [5.74, 6) is 0. The first kappa shape index (κ1) is 14.8. The quantitative estimate of drug-likeness (QED) is 0.899. The fraction of sp³-hybridized carbons (Fsp3) is 0.722. The van der Waals surface area contributed by atoms with Crippen molar-refractivity contribution >= 4 is 5.69 Å². The lowest BCUT2D eigenvalue weighted by Crippen LogP contribution is -2.40. The molecule has 1 aromatic rings. The number of piperidine rings is 1. The highest BCUT2D eigenvalue weighted by molar-refractivity contribution is 5.53. The van der Waals surface area contributed by atoms with E-state index in [1.54, 1.807) is 0 Å². The Labute approximate surface area is 128 Å².